The van der Waals surface area contributed by atoms with Crippen LogP contribution in [0.25, 0.3) is 0 Å². The average Bonchev–Trinajstić information content (AvgIpc) is 2.54. The maximum atomic E-state index is 2.48. The molecule has 0 saturated carbocycles. The number of rotatable bonds is 12. The number of hydrogen-bond donors (Lipinski definition) is 0. The van der Waals surface area contributed by atoms with E-state index in [1.807, 2.05) is 3.58 Å². The zero-order chi connectivity index (χ0) is 16.3. The summed E-state index contributed by atoms with van der Waals surface area (Å²) in [5, 5.41) is 0. The van der Waals surface area contributed by atoms with Crippen LogP contribution in [0, 0.1) is 5.92 Å². The molecule has 0 fully saturated rings. The van der Waals surface area contributed by atoms with Gasteiger partial charge in [0, 0.05) is 0 Å². The summed E-state index contributed by atoms with van der Waals surface area (Å²) in [5.41, 5.74) is 0. The van der Waals surface area contributed by atoms with Crippen LogP contribution in [0.15, 0.2) is 30.3 Å². The van der Waals surface area contributed by atoms with Gasteiger partial charge < -0.3 is 0 Å². The van der Waals surface area contributed by atoms with Crippen LogP contribution in [0.5, 0.6) is 0 Å². The molecule has 0 radical (unpaired) electrons. The van der Waals surface area contributed by atoms with Crippen LogP contribution in [0.2, 0.25) is 13.3 Å². The van der Waals surface area contributed by atoms with E-state index in [2.05, 4.69) is 58.0 Å². The molecule has 126 valence electrons. The summed E-state index contributed by atoms with van der Waals surface area (Å²) in [4.78, 5) is 0. The van der Waals surface area contributed by atoms with Gasteiger partial charge >= 0.3 is 144 Å². The Morgan fingerprint density at radius 1 is 0.773 bits per heavy atom. The Morgan fingerprint density at radius 3 is 1.82 bits per heavy atom. The van der Waals surface area contributed by atoms with Gasteiger partial charge in [-0.25, -0.2) is 0 Å². The Labute approximate surface area is 144 Å². The number of benzene rings is 1. The predicted molar refractivity (Wildman–Crippen MR) is 105 cm³/mol. The molecular formula is C21H38Sn. The normalized spacial score (nSPS) is 12.0. The molecule has 0 saturated heterocycles. The Balaban J connectivity index is 2.83. The SMILES string of the molecule is CCC[CH2][Sn]([CH2]CCC)([CH2]CCCC(C)C)[c]1ccccc1. The van der Waals surface area contributed by atoms with Gasteiger partial charge in [0.2, 0.25) is 0 Å². The summed E-state index contributed by atoms with van der Waals surface area (Å²) in [5.74, 6) is 0.868. The van der Waals surface area contributed by atoms with E-state index in [4.69, 9.17) is 0 Å². The van der Waals surface area contributed by atoms with Crippen LogP contribution in [-0.2, 0) is 0 Å². The van der Waals surface area contributed by atoms with Gasteiger partial charge in [-0.2, -0.15) is 0 Å². The van der Waals surface area contributed by atoms with E-state index in [0.29, 0.717) is 0 Å². The van der Waals surface area contributed by atoms with E-state index in [-0.39, 0.29) is 0 Å². The summed E-state index contributed by atoms with van der Waals surface area (Å²) >= 11 is -2.17. The Hall–Kier alpha value is 0.0187. The molecule has 1 aromatic carbocycles. The van der Waals surface area contributed by atoms with E-state index < -0.39 is 18.4 Å². The Morgan fingerprint density at radius 2 is 1.32 bits per heavy atom. The second-order valence-corrected chi connectivity index (χ2v) is 20.7. The van der Waals surface area contributed by atoms with Crippen molar-refractivity contribution in [2.24, 2.45) is 5.92 Å². The quantitative estimate of drug-likeness (QED) is 0.264. The molecule has 1 heteroatoms. The standard InChI is InChI=1S/C7H15.C6H5.2C4H9.Sn/c1-4-5-6-7(2)3;1-2-4-6-5-3-1;2*1-3-4-2;/h7H,1,4-6H2,2-3H3;1-5H;2*1,3-4H2,2H3;. The van der Waals surface area contributed by atoms with Crippen LogP contribution in [-0.4, -0.2) is 18.4 Å². The number of hydrogen-bond acceptors (Lipinski definition) is 0. The fourth-order valence-corrected chi connectivity index (χ4v) is 19.4. The summed E-state index contributed by atoms with van der Waals surface area (Å²) in [7, 11) is 0. The molecule has 22 heavy (non-hydrogen) atoms. The molecule has 0 heterocycles. The second kappa shape index (κ2) is 11.5. The van der Waals surface area contributed by atoms with E-state index in [9.17, 15) is 0 Å². The monoisotopic (exact) mass is 410 g/mol. The predicted octanol–water partition coefficient (Wildman–Crippen LogP) is 6.77. The van der Waals surface area contributed by atoms with Gasteiger partial charge in [0.05, 0.1) is 0 Å². The third kappa shape index (κ3) is 7.06. The Bertz CT molecular complexity index is 361. The zero-order valence-electron chi connectivity index (χ0n) is 15.5. The van der Waals surface area contributed by atoms with Gasteiger partial charge in [-0.05, 0) is 0 Å². The average molecular weight is 409 g/mol. The molecule has 1 rings (SSSR count). The molecule has 0 nitrogen and oxygen atoms in total. The van der Waals surface area contributed by atoms with Gasteiger partial charge in [0.25, 0.3) is 0 Å². The third-order valence-electron chi connectivity index (χ3n) is 5.09. The van der Waals surface area contributed by atoms with Crippen molar-refractivity contribution in [1.82, 2.24) is 0 Å². The molecule has 0 aliphatic carbocycles. The molecule has 0 aliphatic rings. The van der Waals surface area contributed by atoms with Crippen molar-refractivity contribution in [1.29, 1.82) is 0 Å². The molecule has 0 spiro atoms. The van der Waals surface area contributed by atoms with Crippen molar-refractivity contribution in [2.75, 3.05) is 0 Å². The van der Waals surface area contributed by atoms with Crippen molar-refractivity contribution in [2.45, 2.75) is 86.0 Å². The first-order valence-electron chi connectivity index (χ1n) is 9.70. The third-order valence-corrected chi connectivity index (χ3v) is 20.8. The van der Waals surface area contributed by atoms with Gasteiger partial charge in [0.1, 0.15) is 0 Å². The maximum absolute atomic E-state index is 2.48. The minimum absolute atomic E-state index is 0.868. The minimum atomic E-state index is -2.17. The van der Waals surface area contributed by atoms with E-state index in [1.54, 1.807) is 13.3 Å². The van der Waals surface area contributed by atoms with Crippen LogP contribution >= 0.6 is 0 Å². The molecule has 0 amide bonds. The molecule has 0 aliphatic heterocycles. The molecule has 0 N–H and O–H groups in total. The second-order valence-electron chi connectivity index (χ2n) is 7.49. The van der Waals surface area contributed by atoms with Crippen molar-refractivity contribution in [3.63, 3.8) is 0 Å². The van der Waals surface area contributed by atoms with Gasteiger partial charge in [-0.15, -0.1) is 0 Å². The topological polar surface area (TPSA) is 0 Å². The molecule has 0 atom stereocenters. The molecule has 0 aromatic heterocycles. The fourth-order valence-electron chi connectivity index (χ4n) is 3.65. The molecular weight excluding hydrogens is 371 g/mol. The summed E-state index contributed by atoms with van der Waals surface area (Å²) in [6.45, 7) is 9.45. The van der Waals surface area contributed by atoms with Gasteiger partial charge in [-0.1, -0.05) is 0 Å². The van der Waals surface area contributed by atoms with Crippen LogP contribution < -0.4 is 3.58 Å². The first-order chi connectivity index (χ1) is 10.6. The molecule has 0 bridgehead atoms. The summed E-state index contributed by atoms with van der Waals surface area (Å²) in [6, 6.07) is 11.7. The van der Waals surface area contributed by atoms with Crippen molar-refractivity contribution in [3.05, 3.63) is 30.3 Å². The summed E-state index contributed by atoms with van der Waals surface area (Å²) in [6.07, 6.45) is 9.99. The van der Waals surface area contributed by atoms with Crippen LogP contribution in [0.4, 0.5) is 0 Å². The fraction of sp³-hybridized carbons (Fsp3) is 0.714. The molecule has 0 unspecified atom stereocenters. The van der Waals surface area contributed by atoms with E-state index in [1.165, 1.54) is 44.9 Å². The van der Waals surface area contributed by atoms with Crippen molar-refractivity contribution < 1.29 is 0 Å². The zero-order valence-corrected chi connectivity index (χ0v) is 18.4. The van der Waals surface area contributed by atoms with Gasteiger partial charge in [0.15, 0.2) is 0 Å². The van der Waals surface area contributed by atoms with Crippen molar-refractivity contribution >= 4 is 22.0 Å². The first-order valence-corrected chi connectivity index (χ1v) is 17.2. The molecule has 1 aromatic rings. The van der Waals surface area contributed by atoms with E-state index >= 15 is 0 Å². The van der Waals surface area contributed by atoms with Crippen molar-refractivity contribution in [3.8, 4) is 0 Å². The Kier molecular flexibility index (Phi) is 10.5. The first kappa shape index (κ1) is 20.1. The number of unbranched alkanes of at least 4 members (excludes halogenated alkanes) is 3. The summed E-state index contributed by atoms with van der Waals surface area (Å²) < 4.78 is 6.56. The van der Waals surface area contributed by atoms with E-state index in [0.717, 1.165) is 5.92 Å². The van der Waals surface area contributed by atoms with Crippen LogP contribution in [0.1, 0.15) is 72.6 Å². The van der Waals surface area contributed by atoms with Crippen LogP contribution in [0.3, 0.4) is 0 Å². The van der Waals surface area contributed by atoms with Gasteiger partial charge in [-0.3, -0.25) is 0 Å².